The third-order valence-corrected chi connectivity index (χ3v) is 10.4. The van der Waals surface area contributed by atoms with Gasteiger partial charge in [0.25, 0.3) is 5.91 Å². The predicted molar refractivity (Wildman–Crippen MR) is 180 cm³/mol. The number of fused-ring (bicyclic) bond motifs is 2. The van der Waals surface area contributed by atoms with Crippen molar-refractivity contribution in [2.45, 2.75) is 49.9 Å². The Kier molecular flexibility index (Phi) is 8.00. The molecule has 4 aromatic rings. The highest BCUT2D eigenvalue weighted by atomic mass is 16.6. The number of ether oxygens (including phenoxy) is 2. The van der Waals surface area contributed by atoms with Crippen molar-refractivity contribution in [3.8, 4) is 33.6 Å². The molecule has 4 heterocycles. The highest BCUT2D eigenvalue weighted by Gasteiger charge is 2.56. The largest absolute Gasteiger partial charge is 0.453 e. The van der Waals surface area contributed by atoms with Crippen LogP contribution in [0.4, 0.5) is 9.59 Å². The number of amides is 4. The van der Waals surface area contributed by atoms with Crippen molar-refractivity contribution in [2.75, 3.05) is 27.3 Å². The molecule has 4 aliphatic rings. The van der Waals surface area contributed by atoms with Crippen LogP contribution in [0.3, 0.4) is 0 Å². The number of nitrogens with zero attached hydrogens (tertiary/aromatic N) is 4. The molecule has 2 saturated carbocycles. The smallest absolute Gasteiger partial charge is 0.407 e. The molecule has 14 nitrogen and oxygen atoms in total. The monoisotopic (exact) mass is 678 g/mol. The molecule has 6 unspecified atom stereocenters. The molecule has 258 valence electrons. The maximum atomic E-state index is 13.0. The molecule has 6 atom stereocenters. The van der Waals surface area contributed by atoms with Gasteiger partial charge in [-0.05, 0) is 59.8 Å². The van der Waals surface area contributed by atoms with E-state index in [1.165, 1.54) is 14.2 Å². The number of H-pyrrole nitrogens is 2. The number of benzene rings is 2. The number of rotatable bonds is 9. The van der Waals surface area contributed by atoms with Gasteiger partial charge in [0, 0.05) is 19.1 Å². The number of imidazole rings is 2. The van der Waals surface area contributed by atoms with Gasteiger partial charge in [-0.1, -0.05) is 48.5 Å². The first-order valence-electron chi connectivity index (χ1n) is 16.9. The zero-order valence-electron chi connectivity index (χ0n) is 27.7. The summed E-state index contributed by atoms with van der Waals surface area (Å²) in [5.74, 6) is 2.07. The van der Waals surface area contributed by atoms with Crippen LogP contribution in [0.25, 0.3) is 33.6 Å². The van der Waals surface area contributed by atoms with E-state index in [0.29, 0.717) is 11.8 Å². The molecule has 0 radical (unpaired) electrons. The standard InChI is InChI=1S/C36H38N8O6/c1-37-35(47)50-18-32(46)44-28-12-24(28)14-30(44)34-39-16-26(42-34)22-9-5-20(6-10-22)19-3-7-21(8-4-19)25-15-38-33(41-25)29-13-23-11-27(23)43(29)31(45)17-40-36(48)49-2/h3-10,15-16,23-24,27-30H,11-14,17-18H2,1-2H3,(H,37,47)(H,38,41)(H,39,42)(H,40,48). The molecular weight excluding hydrogens is 640 g/mol. The maximum Gasteiger partial charge on any atom is 0.407 e. The van der Waals surface area contributed by atoms with Crippen LogP contribution in [0, 0.1) is 11.8 Å². The summed E-state index contributed by atoms with van der Waals surface area (Å²) >= 11 is 0. The second kappa shape index (κ2) is 12.7. The van der Waals surface area contributed by atoms with Crippen molar-refractivity contribution in [2.24, 2.45) is 11.8 Å². The third-order valence-electron chi connectivity index (χ3n) is 10.4. The van der Waals surface area contributed by atoms with Gasteiger partial charge in [-0.3, -0.25) is 9.59 Å². The molecule has 8 rings (SSSR count). The van der Waals surface area contributed by atoms with E-state index in [0.717, 1.165) is 71.0 Å². The van der Waals surface area contributed by atoms with E-state index >= 15 is 0 Å². The number of hydrogen-bond acceptors (Lipinski definition) is 8. The fraction of sp³-hybridized carbons (Fsp3) is 0.389. The van der Waals surface area contributed by atoms with Crippen LogP contribution >= 0.6 is 0 Å². The molecule has 0 bridgehead atoms. The number of likely N-dealkylation sites (tertiary alicyclic amines) is 2. The number of aromatic nitrogens is 4. The van der Waals surface area contributed by atoms with Crippen molar-refractivity contribution < 1.29 is 28.7 Å². The number of carbonyl (C=O) groups is 4. The summed E-state index contributed by atoms with van der Waals surface area (Å²) in [4.78, 5) is 68.7. The first-order valence-corrected chi connectivity index (χ1v) is 16.9. The van der Waals surface area contributed by atoms with Crippen LogP contribution in [0.2, 0.25) is 0 Å². The van der Waals surface area contributed by atoms with Gasteiger partial charge in [-0.15, -0.1) is 0 Å². The lowest BCUT2D eigenvalue weighted by atomic mass is 10.0. The summed E-state index contributed by atoms with van der Waals surface area (Å²) in [7, 11) is 2.74. The van der Waals surface area contributed by atoms with E-state index in [1.807, 2.05) is 21.9 Å². The molecule has 4 amide bonds. The molecule has 2 saturated heterocycles. The van der Waals surface area contributed by atoms with E-state index < -0.39 is 12.2 Å². The van der Waals surface area contributed by atoms with E-state index in [4.69, 9.17) is 4.74 Å². The Bertz CT molecular complexity index is 1800. The molecule has 2 aromatic carbocycles. The second-order valence-corrected chi connectivity index (χ2v) is 13.4. The third kappa shape index (κ3) is 5.94. The molecule has 14 heteroatoms. The second-order valence-electron chi connectivity index (χ2n) is 13.4. The van der Waals surface area contributed by atoms with E-state index in [1.54, 1.807) is 12.4 Å². The zero-order chi connectivity index (χ0) is 34.5. The van der Waals surface area contributed by atoms with Crippen molar-refractivity contribution in [1.29, 1.82) is 0 Å². The molecule has 0 spiro atoms. The van der Waals surface area contributed by atoms with E-state index in [2.05, 4.69) is 71.7 Å². The topological polar surface area (TPSA) is 175 Å². The van der Waals surface area contributed by atoms with Gasteiger partial charge < -0.3 is 39.9 Å². The van der Waals surface area contributed by atoms with Gasteiger partial charge >= 0.3 is 12.2 Å². The lowest BCUT2D eigenvalue weighted by Gasteiger charge is -2.26. The number of piperidine rings is 2. The molecular formula is C36H38N8O6. The lowest BCUT2D eigenvalue weighted by Crippen LogP contribution is -2.41. The Morgan fingerprint density at radius 3 is 1.68 bits per heavy atom. The summed E-state index contributed by atoms with van der Waals surface area (Å²) in [5.41, 5.74) is 5.84. The average Bonchev–Trinajstić information content (AvgIpc) is 3.73. The van der Waals surface area contributed by atoms with Gasteiger partial charge in [-0.25, -0.2) is 19.6 Å². The van der Waals surface area contributed by atoms with Gasteiger partial charge in [0.2, 0.25) is 5.91 Å². The molecule has 50 heavy (non-hydrogen) atoms. The van der Waals surface area contributed by atoms with Gasteiger partial charge in [-0.2, -0.15) is 0 Å². The molecule has 2 aliphatic carbocycles. The van der Waals surface area contributed by atoms with Crippen LogP contribution in [-0.4, -0.2) is 93.1 Å². The van der Waals surface area contributed by atoms with Gasteiger partial charge in [0.05, 0.1) is 43.0 Å². The number of methoxy groups -OCH3 is 1. The summed E-state index contributed by atoms with van der Waals surface area (Å²) in [6.07, 6.45) is 6.01. The van der Waals surface area contributed by atoms with Crippen molar-refractivity contribution in [3.63, 3.8) is 0 Å². The lowest BCUT2D eigenvalue weighted by molar-refractivity contribution is -0.136. The minimum atomic E-state index is -0.625. The molecule has 4 N–H and O–H groups in total. The Morgan fingerprint density at radius 2 is 1.20 bits per heavy atom. The number of carbonyl (C=O) groups excluding carboxylic acids is 4. The van der Waals surface area contributed by atoms with Crippen molar-refractivity contribution >= 4 is 24.0 Å². The molecule has 2 aliphatic heterocycles. The molecule has 2 aromatic heterocycles. The van der Waals surface area contributed by atoms with Crippen LogP contribution in [0.15, 0.2) is 60.9 Å². The van der Waals surface area contributed by atoms with E-state index in [-0.39, 0.29) is 49.1 Å². The Labute approximate surface area is 287 Å². The normalized spacial score (nSPS) is 24.3. The summed E-state index contributed by atoms with van der Waals surface area (Å²) in [5, 5.41) is 4.86. The Morgan fingerprint density at radius 1 is 0.720 bits per heavy atom. The maximum absolute atomic E-state index is 13.0. The van der Waals surface area contributed by atoms with Gasteiger partial charge in [0.1, 0.15) is 18.2 Å². The quantitative estimate of drug-likeness (QED) is 0.204. The van der Waals surface area contributed by atoms with Crippen LogP contribution in [0.5, 0.6) is 0 Å². The first kappa shape index (κ1) is 31.6. The zero-order valence-corrected chi connectivity index (χ0v) is 27.7. The SMILES string of the molecule is CNC(=O)OCC(=O)N1C(c2ncc(-c3ccc(-c4ccc(-c5cnc(C6CC7CC7N6C(=O)CNC(=O)OC)[nH]5)cc4)cc3)[nH]2)CC2CC21. The highest BCUT2D eigenvalue weighted by molar-refractivity contribution is 5.84. The fourth-order valence-corrected chi connectivity index (χ4v) is 7.69. The summed E-state index contributed by atoms with van der Waals surface area (Å²) in [6, 6.07) is 16.5. The molecule has 4 fully saturated rings. The summed E-state index contributed by atoms with van der Waals surface area (Å²) in [6.45, 7) is -0.397. The number of nitrogens with one attached hydrogen (secondary N) is 4. The van der Waals surface area contributed by atoms with Crippen molar-refractivity contribution in [1.82, 2.24) is 40.4 Å². The average molecular weight is 679 g/mol. The fourth-order valence-electron chi connectivity index (χ4n) is 7.69. The number of hydrogen-bond donors (Lipinski definition) is 4. The number of aromatic amines is 2. The summed E-state index contributed by atoms with van der Waals surface area (Å²) < 4.78 is 9.62. The van der Waals surface area contributed by atoms with Crippen LogP contribution in [0.1, 0.15) is 49.4 Å². The van der Waals surface area contributed by atoms with Crippen LogP contribution in [-0.2, 0) is 19.1 Å². The first-order chi connectivity index (χ1) is 24.3. The van der Waals surface area contributed by atoms with Gasteiger partial charge in [0.15, 0.2) is 6.61 Å². The van der Waals surface area contributed by atoms with E-state index in [9.17, 15) is 19.2 Å². The predicted octanol–water partition coefficient (Wildman–Crippen LogP) is 4.17. The minimum absolute atomic E-state index is 0.105. The highest BCUT2D eigenvalue weighted by Crippen LogP contribution is 2.54. The van der Waals surface area contributed by atoms with Crippen molar-refractivity contribution in [3.05, 3.63) is 72.6 Å². The Hall–Kier alpha value is -5.66. The van der Waals surface area contributed by atoms with Crippen LogP contribution < -0.4 is 10.6 Å². The Balaban J connectivity index is 0.912. The minimum Gasteiger partial charge on any atom is -0.453 e. The number of alkyl carbamates (subject to hydrolysis) is 2.